The monoisotopic (exact) mass is 358 g/mol. The fourth-order valence-corrected chi connectivity index (χ4v) is 2.57. The first-order chi connectivity index (χ1) is 9.52. The summed E-state index contributed by atoms with van der Waals surface area (Å²) in [4.78, 5) is 0. The minimum Gasteiger partial charge on any atom is -0.496 e. The highest BCUT2D eigenvalue weighted by atomic mass is 79.9. The van der Waals surface area contributed by atoms with E-state index in [2.05, 4.69) is 15.9 Å². The summed E-state index contributed by atoms with van der Waals surface area (Å²) in [6.45, 7) is 0. The first-order valence-electron chi connectivity index (χ1n) is 5.97. The molecule has 0 aliphatic rings. The smallest absolute Gasteiger partial charge is 0.142 e. The molecule has 2 rings (SSSR count). The number of methoxy groups -OCH3 is 1. The molecule has 0 amide bonds. The number of rotatable bonds is 4. The van der Waals surface area contributed by atoms with Gasteiger partial charge in [0.15, 0.2) is 0 Å². The standard InChI is InChI=1S/C15H13BrClFO2/c1-20-14-6-5-10(16)8-11(14)13(19)7-9-3-2-4-12(18)15(9)17/h2-6,8,13,19H,7H2,1H3. The van der Waals surface area contributed by atoms with E-state index >= 15 is 0 Å². The minimum atomic E-state index is -0.832. The van der Waals surface area contributed by atoms with E-state index in [-0.39, 0.29) is 11.4 Å². The first-order valence-corrected chi connectivity index (χ1v) is 7.14. The molecule has 0 fully saturated rings. The first kappa shape index (κ1) is 15.3. The molecule has 0 spiro atoms. The van der Waals surface area contributed by atoms with Gasteiger partial charge in [-0.3, -0.25) is 0 Å². The number of hydrogen-bond donors (Lipinski definition) is 1. The number of aliphatic hydroxyl groups is 1. The average Bonchev–Trinajstić information content (AvgIpc) is 2.43. The highest BCUT2D eigenvalue weighted by molar-refractivity contribution is 9.10. The number of aliphatic hydroxyl groups excluding tert-OH is 1. The molecule has 5 heteroatoms. The van der Waals surface area contributed by atoms with Crippen molar-refractivity contribution in [1.82, 2.24) is 0 Å². The van der Waals surface area contributed by atoms with Crippen LogP contribution in [0.2, 0.25) is 5.02 Å². The van der Waals surface area contributed by atoms with Crippen LogP contribution in [0.15, 0.2) is 40.9 Å². The van der Waals surface area contributed by atoms with E-state index in [1.54, 1.807) is 24.3 Å². The Morgan fingerprint density at radius 1 is 1.35 bits per heavy atom. The Balaban J connectivity index is 2.30. The number of benzene rings is 2. The Hall–Kier alpha value is -1.10. The second-order valence-corrected chi connectivity index (χ2v) is 5.61. The second-order valence-electron chi connectivity index (χ2n) is 4.32. The van der Waals surface area contributed by atoms with Gasteiger partial charge in [0.1, 0.15) is 11.6 Å². The van der Waals surface area contributed by atoms with Crippen LogP contribution >= 0.6 is 27.5 Å². The van der Waals surface area contributed by atoms with E-state index in [4.69, 9.17) is 16.3 Å². The fraction of sp³-hybridized carbons (Fsp3) is 0.200. The van der Waals surface area contributed by atoms with Crippen LogP contribution in [0.1, 0.15) is 17.2 Å². The van der Waals surface area contributed by atoms with Crippen LogP contribution in [0, 0.1) is 5.82 Å². The normalized spacial score (nSPS) is 12.2. The molecule has 1 N–H and O–H groups in total. The number of hydrogen-bond acceptors (Lipinski definition) is 2. The fourth-order valence-electron chi connectivity index (χ4n) is 1.99. The molecule has 0 bridgehead atoms. The van der Waals surface area contributed by atoms with E-state index in [0.29, 0.717) is 16.9 Å². The van der Waals surface area contributed by atoms with Crippen molar-refractivity contribution in [3.63, 3.8) is 0 Å². The predicted molar refractivity (Wildman–Crippen MR) is 80.8 cm³/mol. The van der Waals surface area contributed by atoms with Crippen molar-refractivity contribution in [1.29, 1.82) is 0 Å². The molecule has 1 unspecified atom stereocenters. The molecule has 0 heterocycles. The largest absolute Gasteiger partial charge is 0.496 e. The molecular formula is C15H13BrClFO2. The third kappa shape index (κ3) is 3.32. The van der Waals surface area contributed by atoms with Gasteiger partial charge < -0.3 is 9.84 Å². The molecule has 2 aromatic rings. The summed E-state index contributed by atoms with van der Waals surface area (Å²) in [5.74, 6) is 0.0887. The van der Waals surface area contributed by atoms with Crippen LogP contribution in [0.4, 0.5) is 4.39 Å². The van der Waals surface area contributed by atoms with Gasteiger partial charge in [0.25, 0.3) is 0 Å². The Kier molecular flexibility index (Phi) is 5.02. The van der Waals surface area contributed by atoms with Gasteiger partial charge in [0.05, 0.1) is 18.2 Å². The van der Waals surface area contributed by atoms with Gasteiger partial charge >= 0.3 is 0 Å². The zero-order chi connectivity index (χ0) is 14.7. The minimum absolute atomic E-state index is 0.0421. The van der Waals surface area contributed by atoms with E-state index < -0.39 is 11.9 Å². The van der Waals surface area contributed by atoms with Gasteiger partial charge in [-0.2, -0.15) is 0 Å². The average molecular weight is 360 g/mol. The second kappa shape index (κ2) is 6.57. The van der Waals surface area contributed by atoms with Gasteiger partial charge in [-0.1, -0.05) is 39.7 Å². The molecular weight excluding hydrogens is 347 g/mol. The number of ether oxygens (including phenoxy) is 1. The maximum Gasteiger partial charge on any atom is 0.142 e. The third-order valence-electron chi connectivity index (χ3n) is 3.00. The van der Waals surface area contributed by atoms with Crippen LogP contribution in [-0.4, -0.2) is 12.2 Å². The van der Waals surface area contributed by atoms with Crippen LogP contribution < -0.4 is 4.74 Å². The zero-order valence-corrected chi connectivity index (χ0v) is 13.1. The maximum atomic E-state index is 13.4. The van der Waals surface area contributed by atoms with E-state index in [9.17, 15) is 9.50 Å². The predicted octanol–water partition coefficient (Wildman–Crippen LogP) is 4.53. The van der Waals surface area contributed by atoms with Gasteiger partial charge in [-0.25, -0.2) is 4.39 Å². The summed E-state index contributed by atoms with van der Waals surface area (Å²) in [7, 11) is 1.54. The third-order valence-corrected chi connectivity index (χ3v) is 3.91. The Bertz CT molecular complexity index is 619. The summed E-state index contributed by atoms with van der Waals surface area (Å²) in [5.41, 5.74) is 1.18. The molecule has 0 saturated carbocycles. The summed E-state index contributed by atoms with van der Waals surface area (Å²) in [6.07, 6.45) is -0.620. The summed E-state index contributed by atoms with van der Waals surface area (Å²) in [6, 6.07) is 9.91. The van der Waals surface area contributed by atoms with Crippen LogP contribution in [0.3, 0.4) is 0 Å². The van der Waals surface area contributed by atoms with Crippen molar-refractivity contribution in [3.05, 3.63) is 62.8 Å². The molecule has 0 aliphatic heterocycles. The van der Waals surface area contributed by atoms with Gasteiger partial charge in [-0.15, -0.1) is 0 Å². The van der Waals surface area contributed by atoms with Crippen LogP contribution in [-0.2, 0) is 6.42 Å². The van der Waals surface area contributed by atoms with Crippen LogP contribution in [0.25, 0.3) is 0 Å². The molecule has 0 aliphatic carbocycles. The Morgan fingerprint density at radius 3 is 2.80 bits per heavy atom. The van der Waals surface area contributed by atoms with Gasteiger partial charge in [0, 0.05) is 16.5 Å². The van der Waals surface area contributed by atoms with E-state index in [1.165, 1.54) is 13.2 Å². The molecule has 2 nitrogen and oxygen atoms in total. The lowest BCUT2D eigenvalue weighted by atomic mass is 10.0. The molecule has 0 saturated heterocycles. The molecule has 20 heavy (non-hydrogen) atoms. The lowest BCUT2D eigenvalue weighted by molar-refractivity contribution is 0.174. The summed E-state index contributed by atoms with van der Waals surface area (Å²) in [5, 5.41) is 10.4. The highest BCUT2D eigenvalue weighted by Crippen LogP contribution is 2.32. The molecule has 0 radical (unpaired) electrons. The topological polar surface area (TPSA) is 29.5 Å². The molecule has 2 aromatic carbocycles. The van der Waals surface area contributed by atoms with Crippen molar-refractivity contribution in [2.24, 2.45) is 0 Å². The van der Waals surface area contributed by atoms with Crippen molar-refractivity contribution in [2.75, 3.05) is 7.11 Å². The van der Waals surface area contributed by atoms with E-state index in [1.807, 2.05) is 6.07 Å². The molecule has 1 atom stereocenters. The molecule has 0 aromatic heterocycles. The van der Waals surface area contributed by atoms with Crippen molar-refractivity contribution in [2.45, 2.75) is 12.5 Å². The SMILES string of the molecule is COc1ccc(Br)cc1C(O)Cc1cccc(F)c1Cl. The zero-order valence-electron chi connectivity index (χ0n) is 10.7. The maximum absolute atomic E-state index is 13.4. The van der Waals surface area contributed by atoms with Gasteiger partial charge in [0.2, 0.25) is 0 Å². The van der Waals surface area contributed by atoms with Gasteiger partial charge in [-0.05, 0) is 29.8 Å². The Morgan fingerprint density at radius 2 is 2.10 bits per heavy atom. The summed E-state index contributed by atoms with van der Waals surface area (Å²) >= 11 is 9.26. The van der Waals surface area contributed by atoms with Crippen molar-refractivity contribution >= 4 is 27.5 Å². The summed E-state index contributed by atoms with van der Waals surface area (Å²) < 4.78 is 19.5. The van der Waals surface area contributed by atoms with Crippen molar-refractivity contribution < 1.29 is 14.2 Å². The molecule has 106 valence electrons. The Labute approximate surface area is 130 Å². The van der Waals surface area contributed by atoms with Crippen molar-refractivity contribution in [3.8, 4) is 5.75 Å². The number of halogens is 3. The lowest BCUT2D eigenvalue weighted by Crippen LogP contribution is -2.05. The quantitative estimate of drug-likeness (QED) is 0.869. The lowest BCUT2D eigenvalue weighted by Gasteiger charge is -2.16. The van der Waals surface area contributed by atoms with E-state index in [0.717, 1.165) is 4.47 Å². The van der Waals surface area contributed by atoms with Crippen LogP contribution in [0.5, 0.6) is 5.75 Å². The highest BCUT2D eigenvalue weighted by Gasteiger charge is 2.17.